The van der Waals surface area contributed by atoms with Gasteiger partial charge < -0.3 is 9.42 Å². The SMILES string of the molecule is CC(C)COP(=O)(O)C1CCCCC1. The first-order valence-electron chi connectivity index (χ1n) is 5.49. The van der Waals surface area contributed by atoms with Crippen molar-refractivity contribution < 1.29 is 14.0 Å². The molecule has 84 valence electrons. The molecule has 4 heteroatoms. The van der Waals surface area contributed by atoms with Crippen LogP contribution in [0.25, 0.3) is 0 Å². The van der Waals surface area contributed by atoms with Crippen LogP contribution in [0.5, 0.6) is 0 Å². The Morgan fingerprint density at radius 3 is 2.43 bits per heavy atom. The molecule has 0 amide bonds. The summed E-state index contributed by atoms with van der Waals surface area (Å²) in [7, 11) is -3.32. The van der Waals surface area contributed by atoms with Gasteiger partial charge in [-0.1, -0.05) is 33.1 Å². The van der Waals surface area contributed by atoms with E-state index in [0.29, 0.717) is 12.5 Å². The summed E-state index contributed by atoms with van der Waals surface area (Å²) in [4.78, 5) is 9.72. The van der Waals surface area contributed by atoms with Gasteiger partial charge in [-0.05, 0) is 18.8 Å². The first-order valence-corrected chi connectivity index (χ1v) is 7.14. The lowest BCUT2D eigenvalue weighted by atomic mass is 10.0. The van der Waals surface area contributed by atoms with Crippen molar-refractivity contribution in [2.75, 3.05) is 6.61 Å². The smallest absolute Gasteiger partial charge is 0.324 e. The van der Waals surface area contributed by atoms with Gasteiger partial charge in [-0.2, -0.15) is 0 Å². The number of hydrogen-bond acceptors (Lipinski definition) is 2. The van der Waals surface area contributed by atoms with Crippen molar-refractivity contribution >= 4 is 7.60 Å². The van der Waals surface area contributed by atoms with Crippen LogP contribution in [0.1, 0.15) is 46.0 Å². The van der Waals surface area contributed by atoms with Gasteiger partial charge >= 0.3 is 7.60 Å². The van der Waals surface area contributed by atoms with Crippen LogP contribution in [-0.2, 0) is 9.09 Å². The largest absolute Gasteiger partial charge is 0.331 e. The molecular formula is C10H21O3P. The van der Waals surface area contributed by atoms with Gasteiger partial charge in [0.25, 0.3) is 0 Å². The van der Waals surface area contributed by atoms with E-state index >= 15 is 0 Å². The average Bonchev–Trinajstić information content (AvgIpc) is 2.16. The zero-order chi connectivity index (χ0) is 10.6. The van der Waals surface area contributed by atoms with Crippen molar-refractivity contribution in [2.45, 2.75) is 51.6 Å². The highest BCUT2D eigenvalue weighted by Crippen LogP contribution is 2.52. The summed E-state index contributed by atoms with van der Waals surface area (Å²) in [5, 5.41) is 0. The molecule has 0 aromatic carbocycles. The van der Waals surface area contributed by atoms with E-state index in [1.165, 1.54) is 6.42 Å². The van der Waals surface area contributed by atoms with E-state index in [1.54, 1.807) is 0 Å². The molecule has 1 aliphatic rings. The van der Waals surface area contributed by atoms with Gasteiger partial charge in [0.15, 0.2) is 0 Å². The van der Waals surface area contributed by atoms with Crippen molar-refractivity contribution in [2.24, 2.45) is 5.92 Å². The lowest BCUT2D eigenvalue weighted by molar-refractivity contribution is 0.216. The van der Waals surface area contributed by atoms with E-state index in [0.717, 1.165) is 25.7 Å². The van der Waals surface area contributed by atoms with E-state index in [1.807, 2.05) is 13.8 Å². The van der Waals surface area contributed by atoms with Crippen LogP contribution >= 0.6 is 7.60 Å². The summed E-state index contributed by atoms with van der Waals surface area (Å²) in [5.74, 6) is 0.319. The highest BCUT2D eigenvalue weighted by atomic mass is 31.2. The number of hydrogen-bond donors (Lipinski definition) is 1. The lowest BCUT2D eigenvalue weighted by Gasteiger charge is -2.26. The van der Waals surface area contributed by atoms with Crippen molar-refractivity contribution in [3.05, 3.63) is 0 Å². The molecule has 0 radical (unpaired) electrons. The molecule has 0 bridgehead atoms. The molecule has 0 spiro atoms. The number of rotatable bonds is 4. The van der Waals surface area contributed by atoms with E-state index in [9.17, 15) is 9.46 Å². The minimum Gasteiger partial charge on any atom is -0.324 e. The second kappa shape index (κ2) is 5.29. The fraction of sp³-hybridized carbons (Fsp3) is 1.00. The third-order valence-corrected chi connectivity index (χ3v) is 4.59. The molecule has 1 atom stereocenters. The Kier molecular flexibility index (Phi) is 4.62. The van der Waals surface area contributed by atoms with E-state index < -0.39 is 7.60 Å². The minimum atomic E-state index is -3.32. The Balaban J connectivity index is 2.42. The maximum atomic E-state index is 11.8. The quantitative estimate of drug-likeness (QED) is 0.740. The van der Waals surface area contributed by atoms with E-state index in [-0.39, 0.29) is 5.66 Å². The fourth-order valence-electron chi connectivity index (χ4n) is 1.77. The van der Waals surface area contributed by atoms with Crippen LogP contribution in [0.15, 0.2) is 0 Å². The van der Waals surface area contributed by atoms with Gasteiger partial charge in [-0.25, -0.2) is 0 Å². The molecule has 3 nitrogen and oxygen atoms in total. The van der Waals surface area contributed by atoms with Crippen LogP contribution in [0.3, 0.4) is 0 Å². The Labute approximate surface area is 86.4 Å². The Morgan fingerprint density at radius 1 is 1.36 bits per heavy atom. The second-order valence-corrected chi connectivity index (χ2v) is 6.66. The topological polar surface area (TPSA) is 46.5 Å². The highest BCUT2D eigenvalue weighted by Gasteiger charge is 2.33. The monoisotopic (exact) mass is 220 g/mol. The molecule has 0 aromatic heterocycles. The zero-order valence-electron chi connectivity index (χ0n) is 9.11. The third kappa shape index (κ3) is 3.72. The van der Waals surface area contributed by atoms with Crippen molar-refractivity contribution in [1.82, 2.24) is 0 Å². The average molecular weight is 220 g/mol. The van der Waals surface area contributed by atoms with Crippen molar-refractivity contribution in [1.29, 1.82) is 0 Å². The van der Waals surface area contributed by atoms with E-state index in [2.05, 4.69) is 0 Å². The van der Waals surface area contributed by atoms with Gasteiger partial charge in [-0.15, -0.1) is 0 Å². The molecule has 1 aliphatic carbocycles. The first kappa shape index (κ1) is 12.2. The molecule has 0 aromatic rings. The van der Waals surface area contributed by atoms with Gasteiger partial charge in [0.1, 0.15) is 0 Å². The molecule has 0 heterocycles. The molecule has 1 unspecified atom stereocenters. The van der Waals surface area contributed by atoms with Gasteiger partial charge in [0.05, 0.1) is 12.3 Å². The summed E-state index contributed by atoms with van der Waals surface area (Å²) in [5.41, 5.74) is -0.102. The Hall–Kier alpha value is 0.150. The molecule has 1 fully saturated rings. The Bertz CT molecular complexity index is 209. The normalized spacial score (nSPS) is 23.7. The first-order chi connectivity index (χ1) is 6.52. The van der Waals surface area contributed by atoms with Gasteiger partial charge in [-0.3, -0.25) is 4.57 Å². The van der Waals surface area contributed by atoms with Crippen LogP contribution in [0, 0.1) is 5.92 Å². The highest BCUT2D eigenvalue weighted by molar-refractivity contribution is 7.53. The fourth-order valence-corrected chi connectivity index (χ4v) is 3.51. The van der Waals surface area contributed by atoms with Gasteiger partial charge in [0, 0.05) is 0 Å². The molecule has 0 saturated heterocycles. The molecule has 0 aliphatic heterocycles. The summed E-state index contributed by atoms with van der Waals surface area (Å²) < 4.78 is 16.9. The summed E-state index contributed by atoms with van der Waals surface area (Å²) >= 11 is 0. The lowest BCUT2D eigenvalue weighted by Crippen LogP contribution is -2.15. The van der Waals surface area contributed by atoms with Crippen molar-refractivity contribution in [3.63, 3.8) is 0 Å². The standard InChI is InChI=1S/C10H21O3P/c1-9(2)8-13-14(11,12)10-6-4-3-5-7-10/h9-10H,3-8H2,1-2H3,(H,11,12). The maximum absolute atomic E-state index is 11.8. The summed E-state index contributed by atoms with van der Waals surface area (Å²) in [6.07, 6.45) is 5.04. The summed E-state index contributed by atoms with van der Waals surface area (Å²) in [6.45, 7) is 4.37. The predicted octanol–water partition coefficient (Wildman–Crippen LogP) is 3.18. The van der Waals surface area contributed by atoms with E-state index in [4.69, 9.17) is 4.52 Å². The molecule has 14 heavy (non-hydrogen) atoms. The van der Waals surface area contributed by atoms with Crippen LogP contribution in [0.4, 0.5) is 0 Å². The van der Waals surface area contributed by atoms with Crippen LogP contribution in [-0.4, -0.2) is 17.2 Å². The predicted molar refractivity (Wildman–Crippen MR) is 57.5 cm³/mol. The van der Waals surface area contributed by atoms with Crippen molar-refractivity contribution in [3.8, 4) is 0 Å². The van der Waals surface area contributed by atoms with Gasteiger partial charge in [0.2, 0.25) is 0 Å². The molecule has 1 rings (SSSR count). The summed E-state index contributed by atoms with van der Waals surface area (Å²) in [6, 6.07) is 0. The molecular weight excluding hydrogens is 199 g/mol. The van der Waals surface area contributed by atoms with Crippen LogP contribution in [0.2, 0.25) is 0 Å². The molecule has 1 N–H and O–H groups in total. The maximum Gasteiger partial charge on any atom is 0.331 e. The minimum absolute atomic E-state index is 0.102. The van der Waals surface area contributed by atoms with Crippen LogP contribution < -0.4 is 0 Å². The Morgan fingerprint density at radius 2 is 1.93 bits per heavy atom. The second-order valence-electron chi connectivity index (χ2n) is 4.55. The molecule has 1 saturated carbocycles. The third-order valence-electron chi connectivity index (χ3n) is 2.63. The zero-order valence-corrected chi connectivity index (χ0v) is 10.0.